The Bertz CT molecular complexity index is 460. The van der Waals surface area contributed by atoms with Gasteiger partial charge in [0.05, 0.1) is 13.1 Å². The second-order valence-corrected chi connectivity index (χ2v) is 5.63. The van der Waals surface area contributed by atoms with Crippen LogP contribution in [0.15, 0.2) is 28.7 Å². The van der Waals surface area contributed by atoms with Gasteiger partial charge in [-0.05, 0) is 30.5 Å². The smallest absolute Gasteiger partial charge is 0.277 e. The van der Waals surface area contributed by atoms with Crippen LogP contribution in [-0.4, -0.2) is 24.9 Å². The number of hydrogen-bond donors (Lipinski definition) is 2. The summed E-state index contributed by atoms with van der Waals surface area (Å²) in [6.45, 7) is 0.385. The summed E-state index contributed by atoms with van der Waals surface area (Å²) in [5.74, 6) is -3.73. The predicted octanol–water partition coefficient (Wildman–Crippen LogP) is 3.15. The van der Waals surface area contributed by atoms with Crippen LogP contribution in [0, 0.1) is 5.92 Å². The Labute approximate surface area is 138 Å². The van der Waals surface area contributed by atoms with Gasteiger partial charge in [-0.25, -0.2) is 8.78 Å². The van der Waals surface area contributed by atoms with Gasteiger partial charge in [-0.3, -0.25) is 4.79 Å². The van der Waals surface area contributed by atoms with Crippen molar-refractivity contribution in [2.45, 2.75) is 25.7 Å². The summed E-state index contributed by atoms with van der Waals surface area (Å²) in [6.07, 6.45) is 1.11. The van der Waals surface area contributed by atoms with Crippen LogP contribution in [0.25, 0.3) is 0 Å². The first-order valence-corrected chi connectivity index (χ1v) is 7.27. The summed E-state index contributed by atoms with van der Waals surface area (Å²) in [5.41, 5.74) is 5.93. The molecule has 120 valence electrons. The molecule has 0 aliphatic carbocycles. The van der Waals surface area contributed by atoms with E-state index in [1.54, 1.807) is 0 Å². The number of alkyl halides is 2. The number of carbonyl (C=O) groups excluding carboxylic acids is 1. The van der Waals surface area contributed by atoms with Gasteiger partial charge in [-0.15, -0.1) is 12.4 Å². The molecule has 1 unspecified atom stereocenters. The van der Waals surface area contributed by atoms with Crippen LogP contribution in [0.3, 0.4) is 0 Å². The van der Waals surface area contributed by atoms with E-state index in [1.165, 1.54) is 0 Å². The maximum absolute atomic E-state index is 13.0. The predicted molar refractivity (Wildman–Crippen MR) is 85.9 cm³/mol. The highest BCUT2D eigenvalue weighted by Crippen LogP contribution is 2.17. The third-order valence-corrected chi connectivity index (χ3v) is 3.55. The molecule has 0 fully saturated rings. The van der Waals surface area contributed by atoms with Crippen LogP contribution in [0.4, 0.5) is 8.78 Å². The van der Waals surface area contributed by atoms with Crippen molar-refractivity contribution in [3.8, 4) is 0 Å². The van der Waals surface area contributed by atoms with Crippen LogP contribution in [0.1, 0.15) is 18.9 Å². The van der Waals surface area contributed by atoms with E-state index in [-0.39, 0.29) is 24.2 Å². The molecule has 7 heteroatoms. The molecule has 0 spiro atoms. The number of nitrogens with one attached hydrogen (secondary N) is 1. The monoisotopic (exact) mass is 384 g/mol. The number of hydrogen-bond acceptors (Lipinski definition) is 2. The van der Waals surface area contributed by atoms with Gasteiger partial charge in [-0.2, -0.15) is 0 Å². The fraction of sp³-hybridized carbons (Fsp3) is 0.500. The zero-order chi connectivity index (χ0) is 15.2. The van der Waals surface area contributed by atoms with Crippen LogP contribution >= 0.6 is 28.3 Å². The minimum absolute atomic E-state index is 0. The molecule has 1 aromatic rings. The Morgan fingerprint density at radius 1 is 1.48 bits per heavy atom. The van der Waals surface area contributed by atoms with Crippen molar-refractivity contribution in [3.05, 3.63) is 34.3 Å². The molecule has 0 aromatic heterocycles. The highest BCUT2D eigenvalue weighted by atomic mass is 79.9. The summed E-state index contributed by atoms with van der Waals surface area (Å²) in [7, 11) is 0. The number of amides is 1. The highest BCUT2D eigenvalue weighted by molar-refractivity contribution is 9.10. The maximum atomic E-state index is 13.0. The Morgan fingerprint density at radius 2 is 2.14 bits per heavy atom. The lowest BCUT2D eigenvalue weighted by atomic mass is 9.96. The third kappa shape index (κ3) is 7.20. The fourth-order valence-electron chi connectivity index (χ4n) is 1.80. The van der Waals surface area contributed by atoms with Gasteiger partial charge < -0.3 is 11.1 Å². The van der Waals surface area contributed by atoms with Crippen molar-refractivity contribution in [1.29, 1.82) is 0 Å². The number of halogens is 4. The number of rotatable bonds is 7. The van der Waals surface area contributed by atoms with Crippen molar-refractivity contribution >= 4 is 34.2 Å². The first-order valence-electron chi connectivity index (χ1n) is 6.48. The molecule has 0 saturated heterocycles. The Balaban J connectivity index is 0.00000400. The first kappa shape index (κ1) is 20.3. The van der Waals surface area contributed by atoms with Crippen molar-refractivity contribution in [1.82, 2.24) is 5.32 Å². The van der Waals surface area contributed by atoms with Crippen molar-refractivity contribution in [3.63, 3.8) is 0 Å². The normalized spacial score (nSPS) is 12.4. The minimum atomic E-state index is -3.05. The molecule has 1 atom stereocenters. The van der Waals surface area contributed by atoms with E-state index in [0.29, 0.717) is 12.8 Å². The van der Waals surface area contributed by atoms with Gasteiger partial charge in [0.2, 0.25) is 5.91 Å². The van der Waals surface area contributed by atoms with Crippen LogP contribution in [0.2, 0.25) is 0 Å². The summed E-state index contributed by atoms with van der Waals surface area (Å²) in [5, 5.41) is 2.28. The van der Waals surface area contributed by atoms with Crippen molar-refractivity contribution < 1.29 is 13.6 Å². The Hall–Kier alpha value is -0.720. The average molecular weight is 386 g/mol. The summed E-state index contributed by atoms with van der Waals surface area (Å²) >= 11 is 3.36. The number of carbonyl (C=O) groups is 1. The molecule has 3 nitrogen and oxygen atoms in total. The molecule has 1 aromatic carbocycles. The topological polar surface area (TPSA) is 55.1 Å². The summed E-state index contributed by atoms with van der Waals surface area (Å²) < 4.78 is 27.0. The second kappa shape index (κ2) is 9.33. The molecule has 1 amide bonds. The van der Waals surface area contributed by atoms with Crippen LogP contribution in [-0.2, 0) is 11.2 Å². The standard InChI is InChI=1S/C14H19BrF2N2O.ClH/c1-2-11(6-10-4-3-5-12(15)7-10)13(20)19-9-14(16,17)8-18;/h3-5,7,11H,2,6,8-9,18H2,1H3,(H,19,20);1H. The summed E-state index contributed by atoms with van der Waals surface area (Å²) in [4.78, 5) is 11.9. The van der Waals surface area contributed by atoms with E-state index >= 15 is 0 Å². The lowest BCUT2D eigenvalue weighted by molar-refractivity contribution is -0.126. The number of nitrogens with two attached hydrogens (primary N) is 1. The molecular weight excluding hydrogens is 366 g/mol. The molecule has 0 aliphatic heterocycles. The van der Waals surface area contributed by atoms with Gasteiger partial charge in [-0.1, -0.05) is 35.0 Å². The zero-order valence-corrected chi connectivity index (χ0v) is 14.1. The maximum Gasteiger partial charge on any atom is 0.277 e. The fourth-order valence-corrected chi connectivity index (χ4v) is 2.25. The molecule has 0 bridgehead atoms. The van der Waals surface area contributed by atoms with Gasteiger partial charge in [0, 0.05) is 10.4 Å². The van der Waals surface area contributed by atoms with E-state index in [2.05, 4.69) is 21.2 Å². The Morgan fingerprint density at radius 3 is 2.67 bits per heavy atom. The van der Waals surface area contributed by atoms with Crippen molar-refractivity contribution in [2.24, 2.45) is 11.7 Å². The second-order valence-electron chi connectivity index (χ2n) is 4.72. The molecule has 0 aliphatic rings. The number of benzene rings is 1. The lowest BCUT2D eigenvalue weighted by Crippen LogP contribution is -2.43. The largest absolute Gasteiger partial charge is 0.350 e. The summed E-state index contributed by atoms with van der Waals surface area (Å²) in [6, 6.07) is 7.61. The molecule has 3 N–H and O–H groups in total. The third-order valence-electron chi connectivity index (χ3n) is 3.05. The van der Waals surface area contributed by atoms with Crippen LogP contribution < -0.4 is 11.1 Å². The van der Waals surface area contributed by atoms with Crippen molar-refractivity contribution in [2.75, 3.05) is 13.1 Å². The van der Waals surface area contributed by atoms with E-state index in [9.17, 15) is 13.6 Å². The van der Waals surface area contributed by atoms with Gasteiger partial charge in [0.25, 0.3) is 5.92 Å². The Kier molecular flexibility index (Phi) is 9.01. The SMILES string of the molecule is CCC(Cc1cccc(Br)c1)C(=O)NCC(F)(F)CN.Cl. The van der Waals surface area contributed by atoms with Gasteiger partial charge in [0.15, 0.2) is 0 Å². The van der Waals surface area contributed by atoms with Gasteiger partial charge in [0.1, 0.15) is 0 Å². The van der Waals surface area contributed by atoms with Crippen LogP contribution in [0.5, 0.6) is 0 Å². The zero-order valence-electron chi connectivity index (χ0n) is 11.7. The van der Waals surface area contributed by atoms with Gasteiger partial charge >= 0.3 is 0 Å². The minimum Gasteiger partial charge on any atom is -0.350 e. The molecule has 0 radical (unpaired) electrons. The van der Waals surface area contributed by atoms with E-state index in [0.717, 1.165) is 10.0 Å². The van der Waals surface area contributed by atoms with E-state index < -0.39 is 19.0 Å². The lowest BCUT2D eigenvalue weighted by Gasteiger charge is -2.19. The van der Waals surface area contributed by atoms with E-state index in [4.69, 9.17) is 5.73 Å². The average Bonchev–Trinajstić information content (AvgIpc) is 2.42. The molecule has 1 rings (SSSR count). The quantitative estimate of drug-likeness (QED) is 0.757. The molecule has 0 heterocycles. The van der Waals surface area contributed by atoms with E-state index in [1.807, 2.05) is 31.2 Å². The molecule has 0 saturated carbocycles. The highest BCUT2D eigenvalue weighted by Gasteiger charge is 2.28. The molecular formula is C14H20BrClF2N2O. The molecule has 21 heavy (non-hydrogen) atoms. The first-order chi connectivity index (χ1) is 9.38.